The molecule has 1 N–H and O–H groups in total. The monoisotopic (exact) mass is 465 g/mol. The first kappa shape index (κ1) is 22.4. The molecule has 1 aromatic heterocycles. The van der Waals surface area contributed by atoms with Crippen LogP contribution in [-0.4, -0.2) is 43.0 Å². The average Bonchev–Trinajstić information content (AvgIpc) is 3.45. The number of aliphatic hydroxyl groups is 1. The highest BCUT2D eigenvalue weighted by atomic mass is 32.1. The number of carbonyl (C=O) groups is 2. The lowest BCUT2D eigenvalue weighted by atomic mass is 9.95. The third-order valence-corrected chi connectivity index (χ3v) is 6.37. The van der Waals surface area contributed by atoms with Crippen molar-refractivity contribution in [1.29, 1.82) is 0 Å². The Balaban J connectivity index is 1.90. The lowest BCUT2D eigenvalue weighted by Crippen LogP contribution is -2.28. The predicted molar refractivity (Wildman–Crippen MR) is 125 cm³/mol. The van der Waals surface area contributed by atoms with E-state index in [-0.39, 0.29) is 17.9 Å². The third kappa shape index (κ3) is 4.17. The third-order valence-electron chi connectivity index (χ3n) is 5.51. The molecule has 2 heterocycles. The first-order valence-electron chi connectivity index (χ1n) is 10.2. The van der Waals surface area contributed by atoms with Crippen LogP contribution in [0.5, 0.6) is 17.2 Å². The first-order valence-corrected chi connectivity index (χ1v) is 11.0. The van der Waals surface area contributed by atoms with Gasteiger partial charge in [-0.3, -0.25) is 9.59 Å². The second-order valence-electron chi connectivity index (χ2n) is 7.35. The highest BCUT2D eigenvalue weighted by Crippen LogP contribution is 2.43. The van der Waals surface area contributed by atoms with Crippen molar-refractivity contribution in [2.45, 2.75) is 12.6 Å². The van der Waals surface area contributed by atoms with Crippen molar-refractivity contribution in [3.63, 3.8) is 0 Å². The number of methoxy groups -OCH3 is 3. The maximum atomic E-state index is 13.2. The Morgan fingerprint density at radius 1 is 0.970 bits per heavy atom. The number of hydrogen-bond donors (Lipinski definition) is 1. The fraction of sp³-hybridized carbons (Fsp3) is 0.200. The molecule has 1 saturated heterocycles. The summed E-state index contributed by atoms with van der Waals surface area (Å²) >= 11 is 1.49. The Bertz CT molecular complexity index is 1220. The molecule has 0 aliphatic carbocycles. The molecule has 1 atom stereocenters. The summed E-state index contributed by atoms with van der Waals surface area (Å²) in [7, 11) is 4.56. The molecule has 1 aliphatic rings. The molecular weight excluding hydrogens is 442 g/mol. The Kier molecular flexibility index (Phi) is 6.37. The molecule has 1 amide bonds. The number of ether oxygens (including phenoxy) is 3. The molecule has 7 nitrogen and oxygen atoms in total. The van der Waals surface area contributed by atoms with Gasteiger partial charge in [-0.25, -0.2) is 0 Å². The molecule has 0 saturated carbocycles. The standard InChI is InChI=1S/C25H23NO6S/c1-30-17-7-4-6-16(12-17)23(27)21-22(15-9-10-19(31-2)20(13-15)32-3)26(25(29)24(21)28)14-18-8-5-11-33-18/h4-13,22,27H,14H2,1-3H3/b23-21-. The quantitative estimate of drug-likeness (QED) is 0.316. The van der Waals surface area contributed by atoms with Gasteiger partial charge in [0.25, 0.3) is 11.7 Å². The number of benzene rings is 2. The van der Waals surface area contributed by atoms with Gasteiger partial charge in [0, 0.05) is 10.4 Å². The van der Waals surface area contributed by atoms with Crippen molar-refractivity contribution in [1.82, 2.24) is 4.90 Å². The van der Waals surface area contributed by atoms with Crippen molar-refractivity contribution in [3.05, 3.63) is 81.6 Å². The SMILES string of the molecule is COc1cccc(/C(O)=C2/C(=O)C(=O)N(Cc3cccs3)C2c2ccc(OC)c(OC)c2)c1. The van der Waals surface area contributed by atoms with Gasteiger partial charge < -0.3 is 24.2 Å². The van der Waals surface area contributed by atoms with E-state index in [9.17, 15) is 14.7 Å². The average molecular weight is 466 g/mol. The first-order chi connectivity index (χ1) is 16.0. The van der Waals surface area contributed by atoms with Crippen LogP contribution in [0, 0.1) is 0 Å². The number of Topliss-reactive ketones (excluding diaryl/α,β-unsaturated/α-hetero) is 1. The molecule has 0 bridgehead atoms. The summed E-state index contributed by atoms with van der Waals surface area (Å²) in [5.74, 6) is -0.183. The van der Waals surface area contributed by atoms with Crippen LogP contribution in [0.3, 0.4) is 0 Å². The van der Waals surface area contributed by atoms with E-state index in [2.05, 4.69) is 0 Å². The Hall–Kier alpha value is -3.78. The zero-order valence-electron chi connectivity index (χ0n) is 18.4. The summed E-state index contributed by atoms with van der Waals surface area (Å²) in [4.78, 5) is 28.7. The smallest absolute Gasteiger partial charge is 0.295 e. The van der Waals surface area contributed by atoms with E-state index in [4.69, 9.17) is 14.2 Å². The van der Waals surface area contributed by atoms with Crippen LogP contribution in [0.15, 0.2) is 65.6 Å². The highest BCUT2D eigenvalue weighted by molar-refractivity contribution is 7.09. The minimum absolute atomic E-state index is 0.0111. The van der Waals surface area contributed by atoms with Crippen molar-refractivity contribution in [3.8, 4) is 17.2 Å². The molecule has 170 valence electrons. The molecule has 3 aromatic rings. The van der Waals surface area contributed by atoms with Gasteiger partial charge in [0.05, 0.1) is 39.5 Å². The number of rotatable bonds is 7. The van der Waals surface area contributed by atoms with E-state index in [0.717, 1.165) is 4.88 Å². The van der Waals surface area contributed by atoms with Gasteiger partial charge in [-0.2, -0.15) is 0 Å². The van der Waals surface area contributed by atoms with Crippen LogP contribution in [0.4, 0.5) is 0 Å². The molecule has 1 fully saturated rings. The number of ketones is 1. The van der Waals surface area contributed by atoms with Crippen molar-refractivity contribution in [2.24, 2.45) is 0 Å². The summed E-state index contributed by atoms with van der Waals surface area (Å²) in [6.07, 6.45) is 0. The summed E-state index contributed by atoms with van der Waals surface area (Å²) in [6, 6.07) is 14.9. The van der Waals surface area contributed by atoms with E-state index >= 15 is 0 Å². The number of aliphatic hydroxyl groups excluding tert-OH is 1. The van der Waals surface area contributed by atoms with Crippen LogP contribution in [-0.2, 0) is 16.1 Å². The molecule has 0 spiro atoms. The van der Waals surface area contributed by atoms with Crippen LogP contribution >= 0.6 is 11.3 Å². The predicted octanol–water partition coefficient (Wildman–Crippen LogP) is 4.40. The van der Waals surface area contributed by atoms with E-state index in [1.807, 2.05) is 17.5 Å². The number of likely N-dealkylation sites (tertiary alicyclic amines) is 1. The van der Waals surface area contributed by atoms with Gasteiger partial charge in [-0.1, -0.05) is 24.3 Å². The molecule has 0 radical (unpaired) electrons. The molecule has 1 unspecified atom stereocenters. The maximum Gasteiger partial charge on any atom is 0.295 e. The molecule has 33 heavy (non-hydrogen) atoms. The molecule has 1 aliphatic heterocycles. The number of nitrogens with zero attached hydrogens (tertiary/aromatic N) is 1. The van der Waals surface area contributed by atoms with Crippen molar-refractivity contribution in [2.75, 3.05) is 21.3 Å². The Labute approximate surface area is 195 Å². The van der Waals surface area contributed by atoms with Gasteiger partial charge in [-0.15, -0.1) is 11.3 Å². The van der Waals surface area contributed by atoms with Crippen molar-refractivity contribution < 1.29 is 28.9 Å². The summed E-state index contributed by atoms with van der Waals surface area (Å²) in [6.45, 7) is 0.232. The van der Waals surface area contributed by atoms with Gasteiger partial charge in [0.1, 0.15) is 11.5 Å². The fourth-order valence-electron chi connectivity index (χ4n) is 3.91. The van der Waals surface area contributed by atoms with E-state index in [0.29, 0.717) is 28.4 Å². The van der Waals surface area contributed by atoms with E-state index in [1.54, 1.807) is 42.5 Å². The van der Waals surface area contributed by atoms with Crippen LogP contribution < -0.4 is 14.2 Å². The normalized spacial score (nSPS) is 17.3. The highest BCUT2D eigenvalue weighted by Gasteiger charge is 2.46. The van der Waals surface area contributed by atoms with Crippen LogP contribution in [0.2, 0.25) is 0 Å². The second-order valence-corrected chi connectivity index (χ2v) is 8.38. The number of amides is 1. The summed E-state index contributed by atoms with van der Waals surface area (Å²) in [5, 5.41) is 13.1. The van der Waals surface area contributed by atoms with Gasteiger partial charge in [0.15, 0.2) is 11.5 Å². The minimum Gasteiger partial charge on any atom is -0.507 e. The lowest BCUT2D eigenvalue weighted by molar-refractivity contribution is -0.140. The Morgan fingerprint density at radius 3 is 2.42 bits per heavy atom. The molecule has 8 heteroatoms. The Morgan fingerprint density at radius 2 is 1.76 bits per heavy atom. The number of thiophene rings is 1. The van der Waals surface area contributed by atoms with Gasteiger partial charge in [-0.05, 0) is 41.3 Å². The summed E-state index contributed by atoms with van der Waals surface area (Å²) in [5.41, 5.74) is 1.01. The minimum atomic E-state index is -0.807. The maximum absolute atomic E-state index is 13.2. The van der Waals surface area contributed by atoms with Crippen molar-refractivity contribution >= 4 is 28.8 Å². The van der Waals surface area contributed by atoms with Crippen LogP contribution in [0.25, 0.3) is 5.76 Å². The van der Waals surface area contributed by atoms with E-state index < -0.39 is 17.7 Å². The molecule has 4 rings (SSSR count). The summed E-state index contributed by atoms with van der Waals surface area (Å²) < 4.78 is 16.0. The van der Waals surface area contributed by atoms with Gasteiger partial charge >= 0.3 is 0 Å². The molecular formula is C25H23NO6S. The second kappa shape index (κ2) is 9.38. The fourth-order valence-corrected chi connectivity index (χ4v) is 4.61. The zero-order chi connectivity index (χ0) is 23.5. The van der Waals surface area contributed by atoms with E-state index in [1.165, 1.54) is 37.6 Å². The lowest BCUT2D eigenvalue weighted by Gasteiger charge is -2.25. The topological polar surface area (TPSA) is 85.3 Å². The number of hydrogen-bond acceptors (Lipinski definition) is 7. The molecule has 2 aromatic carbocycles. The largest absolute Gasteiger partial charge is 0.507 e. The van der Waals surface area contributed by atoms with Crippen LogP contribution in [0.1, 0.15) is 22.0 Å². The zero-order valence-corrected chi connectivity index (χ0v) is 19.2. The number of carbonyl (C=O) groups excluding carboxylic acids is 2. The van der Waals surface area contributed by atoms with Gasteiger partial charge in [0.2, 0.25) is 0 Å².